The van der Waals surface area contributed by atoms with Crippen LogP contribution in [0.3, 0.4) is 0 Å². The molecular weight excluding hydrogens is 210 g/mol. The molecule has 0 amide bonds. The molecule has 1 unspecified atom stereocenters. The Morgan fingerprint density at radius 1 is 1.69 bits per heavy atom. The molecule has 1 rings (SSSR count). The maximum Gasteiger partial charge on any atom is 0.374 e. The Hall–Kier alpha value is -1.33. The second-order valence-electron chi connectivity index (χ2n) is 3.81. The van der Waals surface area contributed by atoms with Gasteiger partial charge in [-0.15, -0.1) is 0 Å². The first-order chi connectivity index (χ1) is 7.54. The minimum Gasteiger partial charge on any atom is -0.463 e. The zero-order valence-electron chi connectivity index (χ0n) is 9.77. The number of aliphatic hydroxyl groups excluding tert-OH is 1. The van der Waals surface area contributed by atoms with Gasteiger partial charge in [0.25, 0.3) is 0 Å². The molecule has 0 saturated carbocycles. The lowest BCUT2D eigenvalue weighted by molar-refractivity contribution is 0.0561. The van der Waals surface area contributed by atoms with Crippen LogP contribution in [-0.4, -0.2) is 42.8 Å². The number of carbonyl (C=O) groups excluding carboxylic acids is 1. The fourth-order valence-corrected chi connectivity index (χ4v) is 1.54. The Balaban J connectivity index is 2.66. The third-order valence-corrected chi connectivity index (χ3v) is 2.13. The van der Waals surface area contributed by atoms with E-state index in [2.05, 4.69) is 4.74 Å². The van der Waals surface area contributed by atoms with Crippen LogP contribution in [0.25, 0.3) is 0 Å². The van der Waals surface area contributed by atoms with Gasteiger partial charge in [0.05, 0.1) is 19.5 Å². The number of aliphatic hydroxyl groups is 1. The zero-order valence-corrected chi connectivity index (χ0v) is 9.77. The van der Waals surface area contributed by atoms with E-state index < -0.39 is 12.1 Å². The highest BCUT2D eigenvalue weighted by Crippen LogP contribution is 2.13. The van der Waals surface area contributed by atoms with Gasteiger partial charge >= 0.3 is 5.97 Å². The summed E-state index contributed by atoms with van der Waals surface area (Å²) in [6.07, 6.45) is 1.05. The Bertz CT molecular complexity index is 346. The summed E-state index contributed by atoms with van der Waals surface area (Å²) in [5.74, 6) is -0.259. The molecule has 0 aliphatic rings. The van der Waals surface area contributed by atoms with E-state index in [1.54, 1.807) is 13.0 Å². The standard InChI is InChI=1S/C11H17NO4/c1-8(13)6-12(2)7-9-4-5-16-10(9)11(14)15-3/h4-5,8,13H,6-7H2,1-3H3. The van der Waals surface area contributed by atoms with Crippen LogP contribution in [0.1, 0.15) is 23.0 Å². The van der Waals surface area contributed by atoms with Gasteiger partial charge in [-0.25, -0.2) is 4.79 Å². The van der Waals surface area contributed by atoms with Crippen molar-refractivity contribution in [1.82, 2.24) is 4.90 Å². The largest absolute Gasteiger partial charge is 0.463 e. The highest BCUT2D eigenvalue weighted by molar-refractivity contribution is 5.87. The molecule has 0 radical (unpaired) electrons. The molecule has 0 saturated heterocycles. The van der Waals surface area contributed by atoms with Crippen molar-refractivity contribution in [2.24, 2.45) is 0 Å². The van der Waals surface area contributed by atoms with E-state index in [1.807, 2.05) is 11.9 Å². The number of hydrogen-bond acceptors (Lipinski definition) is 5. The van der Waals surface area contributed by atoms with Crippen LogP contribution in [-0.2, 0) is 11.3 Å². The fourth-order valence-electron chi connectivity index (χ4n) is 1.54. The van der Waals surface area contributed by atoms with Crippen LogP contribution >= 0.6 is 0 Å². The third kappa shape index (κ3) is 3.36. The number of methoxy groups -OCH3 is 1. The minimum atomic E-state index is -0.481. The molecule has 1 aromatic rings. The second kappa shape index (κ2) is 5.67. The van der Waals surface area contributed by atoms with E-state index in [1.165, 1.54) is 13.4 Å². The Kier molecular flexibility index (Phi) is 4.52. The first-order valence-electron chi connectivity index (χ1n) is 5.06. The van der Waals surface area contributed by atoms with E-state index >= 15 is 0 Å². The molecule has 16 heavy (non-hydrogen) atoms. The Morgan fingerprint density at radius 3 is 2.94 bits per heavy atom. The average molecular weight is 227 g/mol. The molecule has 0 fully saturated rings. The van der Waals surface area contributed by atoms with Crippen LogP contribution in [0.5, 0.6) is 0 Å². The van der Waals surface area contributed by atoms with Gasteiger partial charge in [-0.1, -0.05) is 0 Å². The summed E-state index contributed by atoms with van der Waals surface area (Å²) in [7, 11) is 3.18. The molecule has 90 valence electrons. The van der Waals surface area contributed by atoms with Gasteiger partial charge in [0.15, 0.2) is 0 Å². The molecule has 1 aromatic heterocycles. The van der Waals surface area contributed by atoms with Crippen molar-refractivity contribution >= 4 is 5.97 Å². The molecular formula is C11H17NO4. The lowest BCUT2D eigenvalue weighted by Crippen LogP contribution is -2.27. The Labute approximate surface area is 94.6 Å². The smallest absolute Gasteiger partial charge is 0.374 e. The number of likely N-dealkylation sites (N-methyl/N-ethyl adjacent to an activating group) is 1. The van der Waals surface area contributed by atoms with Gasteiger partial charge in [0.2, 0.25) is 5.76 Å². The predicted octanol–water partition coefficient (Wildman–Crippen LogP) is 0.879. The molecule has 0 spiro atoms. The van der Waals surface area contributed by atoms with Crippen molar-refractivity contribution in [3.8, 4) is 0 Å². The SMILES string of the molecule is COC(=O)c1occc1CN(C)CC(C)O. The van der Waals surface area contributed by atoms with Gasteiger partial charge in [0, 0.05) is 18.7 Å². The summed E-state index contributed by atoms with van der Waals surface area (Å²) in [4.78, 5) is 13.2. The maximum absolute atomic E-state index is 11.3. The van der Waals surface area contributed by atoms with Crippen molar-refractivity contribution in [3.05, 3.63) is 23.7 Å². The summed E-state index contributed by atoms with van der Waals surface area (Å²) in [5.41, 5.74) is 0.759. The van der Waals surface area contributed by atoms with Crippen LogP contribution in [0.2, 0.25) is 0 Å². The molecule has 0 aliphatic carbocycles. The topological polar surface area (TPSA) is 62.9 Å². The van der Waals surface area contributed by atoms with E-state index in [0.29, 0.717) is 13.1 Å². The first-order valence-corrected chi connectivity index (χ1v) is 5.06. The molecule has 0 aromatic carbocycles. The number of ether oxygens (including phenoxy) is 1. The van der Waals surface area contributed by atoms with Crippen molar-refractivity contribution in [3.63, 3.8) is 0 Å². The predicted molar refractivity (Wildman–Crippen MR) is 58.1 cm³/mol. The normalized spacial score (nSPS) is 12.8. The number of hydrogen-bond donors (Lipinski definition) is 1. The summed E-state index contributed by atoms with van der Waals surface area (Å²) < 4.78 is 9.66. The lowest BCUT2D eigenvalue weighted by Gasteiger charge is -2.17. The first kappa shape index (κ1) is 12.7. The fraction of sp³-hybridized carbons (Fsp3) is 0.545. The number of nitrogens with zero attached hydrogens (tertiary/aromatic N) is 1. The number of carbonyl (C=O) groups is 1. The Morgan fingerprint density at radius 2 is 2.38 bits per heavy atom. The third-order valence-electron chi connectivity index (χ3n) is 2.13. The summed E-state index contributed by atoms with van der Waals surface area (Å²) in [6.45, 7) is 2.78. The minimum absolute atomic E-state index is 0.222. The van der Waals surface area contributed by atoms with Gasteiger partial charge in [0.1, 0.15) is 0 Å². The van der Waals surface area contributed by atoms with E-state index in [4.69, 9.17) is 4.42 Å². The summed E-state index contributed by atoms with van der Waals surface area (Å²) in [5, 5.41) is 9.22. The van der Waals surface area contributed by atoms with E-state index in [9.17, 15) is 9.90 Å². The van der Waals surface area contributed by atoms with Crippen molar-refractivity contribution in [1.29, 1.82) is 0 Å². The van der Waals surface area contributed by atoms with Crippen LogP contribution < -0.4 is 0 Å². The maximum atomic E-state index is 11.3. The molecule has 1 N–H and O–H groups in total. The van der Waals surface area contributed by atoms with Crippen LogP contribution in [0.4, 0.5) is 0 Å². The molecule has 5 heteroatoms. The quantitative estimate of drug-likeness (QED) is 0.756. The highest BCUT2D eigenvalue weighted by atomic mass is 16.5. The summed E-state index contributed by atoms with van der Waals surface area (Å²) >= 11 is 0. The van der Waals surface area contributed by atoms with Gasteiger partial charge < -0.3 is 14.3 Å². The number of rotatable bonds is 5. The van der Waals surface area contributed by atoms with Crippen LogP contribution in [0, 0.1) is 0 Å². The van der Waals surface area contributed by atoms with Gasteiger partial charge in [-0.2, -0.15) is 0 Å². The van der Waals surface area contributed by atoms with Crippen molar-refractivity contribution in [2.45, 2.75) is 19.6 Å². The lowest BCUT2D eigenvalue weighted by atomic mass is 10.2. The number of esters is 1. The van der Waals surface area contributed by atoms with Crippen molar-refractivity contribution < 1.29 is 19.1 Å². The van der Waals surface area contributed by atoms with E-state index in [-0.39, 0.29) is 5.76 Å². The molecule has 0 bridgehead atoms. The molecule has 5 nitrogen and oxygen atoms in total. The van der Waals surface area contributed by atoms with Crippen molar-refractivity contribution in [2.75, 3.05) is 20.7 Å². The van der Waals surface area contributed by atoms with Gasteiger partial charge in [-0.3, -0.25) is 4.90 Å². The second-order valence-corrected chi connectivity index (χ2v) is 3.81. The number of furan rings is 1. The van der Waals surface area contributed by atoms with Gasteiger partial charge in [-0.05, 0) is 20.0 Å². The highest BCUT2D eigenvalue weighted by Gasteiger charge is 2.17. The van der Waals surface area contributed by atoms with E-state index in [0.717, 1.165) is 5.56 Å². The molecule has 1 heterocycles. The molecule has 0 aliphatic heterocycles. The molecule has 1 atom stereocenters. The summed E-state index contributed by atoms with van der Waals surface area (Å²) in [6, 6.07) is 1.73. The monoisotopic (exact) mass is 227 g/mol. The zero-order chi connectivity index (χ0) is 12.1. The van der Waals surface area contributed by atoms with Crippen LogP contribution in [0.15, 0.2) is 16.7 Å². The average Bonchev–Trinajstić information content (AvgIpc) is 2.63.